The van der Waals surface area contributed by atoms with Crippen LogP contribution in [0, 0.1) is 11.8 Å². The summed E-state index contributed by atoms with van der Waals surface area (Å²) < 4.78 is 0. The summed E-state index contributed by atoms with van der Waals surface area (Å²) in [5.74, 6) is 0.941. The zero-order chi connectivity index (χ0) is 13.8. The van der Waals surface area contributed by atoms with Crippen molar-refractivity contribution in [3.8, 4) is 0 Å². The van der Waals surface area contributed by atoms with Crippen LogP contribution in [0.5, 0.6) is 0 Å². The minimum Gasteiger partial charge on any atom is -0.349 e. The third-order valence-corrected chi connectivity index (χ3v) is 4.91. The van der Waals surface area contributed by atoms with E-state index in [4.69, 9.17) is 5.73 Å². The molecule has 106 valence electrons. The van der Waals surface area contributed by atoms with Crippen LogP contribution < -0.4 is 11.1 Å². The van der Waals surface area contributed by atoms with Crippen molar-refractivity contribution in [2.24, 2.45) is 17.6 Å². The first kappa shape index (κ1) is 14.4. The van der Waals surface area contributed by atoms with E-state index in [1.165, 1.54) is 0 Å². The highest BCUT2D eigenvalue weighted by molar-refractivity contribution is 7.11. The minimum absolute atomic E-state index is 0.0856. The van der Waals surface area contributed by atoms with Crippen LogP contribution in [0.25, 0.3) is 0 Å². The molecule has 0 bridgehead atoms. The zero-order valence-corrected chi connectivity index (χ0v) is 12.4. The molecule has 1 aliphatic rings. The van der Waals surface area contributed by atoms with Gasteiger partial charge in [0, 0.05) is 11.8 Å². The number of hydrogen-bond donors (Lipinski definition) is 2. The van der Waals surface area contributed by atoms with Crippen molar-refractivity contribution in [2.45, 2.75) is 45.6 Å². The summed E-state index contributed by atoms with van der Waals surface area (Å²) in [4.78, 5) is 12.1. The van der Waals surface area contributed by atoms with E-state index in [2.05, 4.69) is 29.4 Å². The number of carbonyl (C=O) groups is 1. The van der Waals surface area contributed by atoms with E-state index in [0.717, 1.165) is 29.3 Å². The molecule has 19 heavy (non-hydrogen) atoms. The summed E-state index contributed by atoms with van der Waals surface area (Å²) in [5.41, 5.74) is 5.71. The van der Waals surface area contributed by atoms with E-state index in [1.807, 2.05) is 0 Å². The average molecular weight is 282 g/mol. The van der Waals surface area contributed by atoms with Gasteiger partial charge in [0.15, 0.2) is 0 Å². The van der Waals surface area contributed by atoms with E-state index in [9.17, 15) is 4.79 Å². The van der Waals surface area contributed by atoms with Crippen LogP contribution in [0.2, 0.25) is 0 Å². The Morgan fingerprint density at radius 3 is 2.89 bits per heavy atom. The highest BCUT2D eigenvalue weighted by atomic mass is 32.1. The lowest BCUT2D eigenvalue weighted by Gasteiger charge is -2.16. The predicted octanol–water partition coefficient (Wildman–Crippen LogP) is 1.65. The number of carbonyl (C=O) groups excluding carboxylic acids is 1. The van der Waals surface area contributed by atoms with Crippen LogP contribution in [-0.2, 0) is 11.3 Å². The van der Waals surface area contributed by atoms with Gasteiger partial charge in [-0.2, -0.15) is 0 Å². The topological polar surface area (TPSA) is 80.9 Å². The Labute approximate surface area is 118 Å². The van der Waals surface area contributed by atoms with E-state index in [-0.39, 0.29) is 11.8 Å². The lowest BCUT2D eigenvalue weighted by molar-refractivity contribution is -0.126. The summed E-state index contributed by atoms with van der Waals surface area (Å²) in [6, 6.07) is 0. The number of aromatic nitrogens is 2. The molecule has 5 nitrogen and oxygen atoms in total. The van der Waals surface area contributed by atoms with Crippen molar-refractivity contribution in [1.82, 2.24) is 15.5 Å². The van der Waals surface area contributed by atoms with E-state index >= 15 is 0 Å². The van der Waals surface area contributed by atoms with E-state index in [0.29, 0.717) is 24.9 Å². The number of nitrogens with one attached hydrogen (secondary N) is 1. The first-order chi connectivity index (χ1) is 9.11. The van der Waals surface area contributed by atoms with Gasteiger partial charge in [-0.3, -0.25) is 4.79 Å². The van der Waals surface area contributed by atoms with Gasteiger partial charge in [0.1, 0.15) is 10.0 Å². The molecule has 1 saturated carbocycles. The fourth-order valence-corrected chi connectivity index (χ4v) is 3.31. The molecular formula is C13H22N4OS. The van der Waals surface area contributed by atoms with Crippen molar-refractivity contribution >= 4 is 17.2 Å². The van der Waals surface area contributed by atoms with Gasteiger partial charge in [-0.25, -0.2) is 0 Å². The van der Waals surface area contributed by atoms with Crippen LogP contribution in [0.1, 0.15) is 49.0 Å². The molecule has 1 fully saturated rings. The average Bonchev–Trinajstić information content (AvgIpc) is 3.04. The van der Waals surface area contributed by atoms with Gasteiger partial charge in [-0.15, -0.1) is 10.2 Å². The fourth-order valence-electron chi connectivity index (χ4n) is 2.53. The molecule has 1 aliphatic carbocycles. The summed E-state index contributed by atoms with van der Waals surface area (Å²) in [5, 5.41) is 13.1. The van der Waals surface area contributed by atoms with Gasteiger partial charge >= 0.3 is 0 Å². The summed E-state index contributed by atoms with van der Waals surface area (Å²) in [7, 11) is 0. The van der Waals surface area contributed by atoms with Crippen molar-refractivity contribution in [3.63, 3.8) is 0 Å². The highest BCUT2D eigenvalue weighted by Gasteiger charge is 2.31. The predicted molar refractivity (Wildman–Crippen MR) is 75.7 cm³/mol. The first-order valence-electron chi connectivity index (χ1n) is 6.92. The SMILES string of the molecule is CC(C)c1nnc(CNC(=O)[C@@H]2CCC[C@@H]2CN)s1. The maximum atomic E-state index is 12.1. The Kier molecular flexibility index (Phi) is 4.87. The number of hydrogen-bond acceptors (Lipinski definition) is 5. The van der Waals surface area contributed by atoms with Crippen molar-refractivity contribution in [2.75, 3.05) is 6.54 Å². The summed E-state index contributed by atoms with van der Waals surface area (Å²) in [6.07, 6.45) is 3.14. The van der Waals surface area contributed by atoms with E-state index in [1.54, 1.807) is 11.3 Å². The largest absolute Gasteiger partial charge is 0.349 e. The van der Waals surface area contributed by atoms with Gasteiger partial charge in [-0.1, -0.05) is 31.6 Å². The van der Waals surface area contributed by atoms with Crippen molar-refractivity contribution in [1.29, 1.82) is 0 Å². The second kappa shape index (κ2) is 6.43. The Morgan fingerprint density at radius 1 is 1.47 bits per heavy atom. The molecular weight excluding hydrogens is 260 g/mol. The van der Waals surface area contributed by atoms with Crippen LogP contribution >= 0.6 is 11.3 Å². The molecule has 1 aromatic heterocycles. The molecule has 1 heterocycles. The summed E-state index contributed by atoms with van der Waals surface area (Å²) in [6.45, 7) is 5.27. The normalized spacial score (nSPS) is 22.9. The third-order valence-electron chi connectivity index (χ3n) is 3.69. The molecule has 1 aromatic rings. The van der Waals surface area contributed by atoms with Crippen molar-refractivity contribution in [3.05, 3.63) is 10.0 Å². The maximum Gasteiger partial charge on any atom is 0.223 e. The molecule has 3 N–H and O–H groups in total. The monoisotopic (exact) mass is 282 g/mol. The Morgan fingerprint density at radius 2 is 2.26 bits per heavy atom. The zero-order valence-electron chi connectivity index (χ0n) is 11.6. The molecule has 0 aromatic carbocycles. The van der Waals surface area contributed by atoms with Gasteiger partial charge in [0.2, 0.25) is 5.91 Å². The summed E-state index contributed by atoms with van der Waals surface area (Å²) >= 11 is 1.57. The third kappa shape index (κ3) is 3.51. The first-order valence-corrected chi connectivity index (χ1v) is 7.73. The standard InChI is InChI=1S/C13H22N4OS/c1-8(2)13-17-16-11(19-13)7-15-12(18)10-5-3-4-9(10)6-14/h8-10H,3-7,14H2,1-2H3,(H,15,18)/t9-,10-/m1/s1. The fraction of sp³-hybridized carbons (Fsp3) is 0.769. The highest BCUT2D eigenvalue weighted by Crippen LogP contribution is 2.31. The molecule has 6 heteroatoms. The molecule has 0 aliphatic heterocycles. The molecule has 2 rings (SSSR count). The lowest BCUT2D eigenvalue weighted by Crippen LogP contribution is -2.34. The van der Waals surface area contributed by atoms with Crippen LogP contribution in [-0.4, -0.2) is 22.6 Å². The van der Waals surface area contributed by atoms with Crippen LogP contribution in [0.15, 0.2) is 0 Å². The van der Waals surface area contributed by atoms with Crippen molar-refractivity contribution < 1.29 is 4.79 Å². The smallest absolute Gasteiger partial charge is 0.223 e. The second-order valence-corrected chi connectivity index (χ2v) is 6.53. The Bertz CT molecular complexity index is 432. The van der Waals surface area contributed by atoms with Gasteiger partial charge in [-0.05, 0) is 25.3 Å². The molecule has 2 atom stereocenters. The van der Waals surface area contributed by atoms with E-state index < -0.39 is 0 Å². The quantitative estimate of drug-likeness (QED) is 0.860. The van der Waals surface area contributed by atoms with Crippen LogP contribution in [0.3, 0.4) is 0 Å². The molecule has 0 unspecified atom stereocenters. The van der Waals surface area contributed by atoms with Gasteiger partial charge in [0.05, 0.1) is 6.54 Å². The molecule has 0 radical (unpaired) electrons. The van der Waals surface area contributed by atoms with Crippen LogP contribution in [0.4, 0.5) is 0 Å². The number of nitrogens with zero attached hydrogens (tertiary/aromatic N) is 2. The minimum atomic E-state index is 0.0856. The Hall–Kier alpha value is -1.01. The molecule has 1 amide bonds. The van der Waals surface area contributed by atoms with Gasteiger partial charge in [0.25, 0.3) is 0 Å². The second-order valence-electron chi connectivity index (χ2n) is 5.44. The lowest BCUT2D eigenvalue weighted by atomic mass is 9.95. The Balaban J connectivity index is 1.85. The number of amides is 1. The maximum absolute atomic E-state index is 12.1. The molecule has 0 spiro atoms. The number of rotatable bonds is 5. The number of nitrogens with two attached hydrogens (primary N) is 1. The van der Waals surface area contributed by atoms with Gasteiger partial charge < -0.3 is 11.1 Å². The molecule has 0 saturated heterocycles.